The lowest BCUT2D eigenvalue weighted by molar-refractivity contribution is -0.137. The number of rotatable bonds is 5. The number of alkyl halides is 3. The Kier molecular flexibility index (Phi) is 6.18. The number of anilines is 2. The molecule has 1 amide bonds. The molecular formula is C27H27F3N4O3S. The number of H-pyrrole nitrogens is 1. The van der Waals surface area contributed by atoms with Gasteiger partial charge in [0, 0.05) is 47.8 Å². The monoisotopic (exact) mass is 544 g/mol. The van der Waals surface area contributed by atoms with Crippen molar-refractivity contribution in [3.05, 3.63) is 68.6 Å². The second-order valence-corrected chi connectivity index (χ2v) is 11.0. The average Bonchev–Trinajstić information content (AvgIpc) is 3.56. The van der Waals surface area contributed by atoms with Crippen LogP contribution in [0.15, 0.2) is 41.3 Å². The number of thiophene rings is 1. The summed E-state index contributed by atoms with van der Waals surface area (Å²) in [5.41, 5.74) is 0.994. The van der Waals surface area contributed by atoms with Gasteiger partial charge >= 0.3 is 6.18 Å². The quantitative estimate of drug-likeness (QED) is 0.319. The minimum absolute atomic E-state index is 0.249. The van der Waals surface area contributed by atoms with Gasteiger partial charge in [-0.25, -0.2) is 0 Å². The summed E-state index contributed by atoms with van der Waals surface area (Å²) < 4.78 is 41.4. The van der Waals surface area contributed by atoms with E-state index in [4.69, 9.17) is 0 Å². The maximum absolute atomic E-state index is 13.3. The van der Waals surface area contributed by atoms with Gasteiger partial charge in [0.25, 0.3) is 11.5 Å². The van der Waals surface area contributed by atoms with Crippen LogP contribution in [0.25, 0.3) is 21.3 Å². The second kappa shape index (κ2) is 9.02. The summed E-state index contributed by atoms with van der Waals surface area (Å²) in [5, 5.41) is 14.1. The Morgan fingerprint density at radius 1 is 1.18 bits per heavy atom. The van der Waals surface area contributed by atoms with Gasteiger partial charge in [0.1, 0.15) is 11.2 Å². The van der Waals surface area contributed by atoms with Crippen LogP contribution in [-0.2, 0) is 25.2 Å². The van der Waals surface area contributed by atoms with E-state index in [0.717, 1.165) is 10.9 Å². The third-order valence-corrected chi connectivity index (χ3v) is 8.17. The minimum atomic E-state index is -4.43. The number of amides is 1. The predicted molar refractivity (Wildman–Crippen MR) is 142 cm³/mol. The van der Waals surface area contributed by atoms with Crippen molar-refractivity contribution in [1.82, 2.24) is 14.9 Å². The molecule has 4 heterocycles. The Bertz CT molecular complexity index is 1630. The standard InChI is InChI=1S/C27H27F3N4O3S/c1-5-31-24(35)18-11-16-17(13-33(4)25(36)22(16)32-18)23-20(12-21(38-23)26(2,3)37)34-9-8-14-10-15(27(28,29)30)6-7-19(14)34/h6-7,10-13,32,37H,5,8-9H2,1-4H3,(H,31,35). The largest absolute Gasteiger partial charge is 0.416 e. The van der Waals surface area contributed by atoms with Crippen LogP contribution in [0.2, 0.25) is 0 Å². The summed E-state index contributed by atoms with van der Waals surface area (Å²) in [7, 11) is 1.62. The lowest BCUT2D eigenvalue weighted by atomic mass is 10.1. The summed E-state index contributed by atoms with van der Waals surface area (Å²) in [6.45, 7) is 6.01. The van der Waals surface area contributed by atoms with Gasteiger partial charge in [-0.05, 0) is 63.1 Å². The van der Waals surface area contributed by atoms with Gasteiger partial charge in [-0.15, -0.1) is 11.3 Å². The van der Waals surface area contributed by atoms with E-state index < -0.39 is 17.3 Å². The van der Waals surface area contributed by atoms with Crippen LogP contribution in [0.1, 0.15) is 47.3 Å². The molecule has 38 heavy (non-hydrogen) atoms. The number of aromatic amines is 1. The highest BCUT2D eigenvalue weighted by atomic mass is 32.1. The van der Waals surface area contributed by atoms with Crippen molar-refractivity contribution in [3.63, 3.8) is 0 Å². The lowest BCUT2D eigenvalue weighted by Gasteiger charge is -2.21. The zero-order valence-electron chi connectivity index (χ0n) is 21.3. The molecule has 0 spiro atoms. The number of benzene rings is 1. The first-order valence-electron chi connectivity index (χ1n) is 12.1. The molecule has 1 aliphatic heterocycles. The van der Waals surface area contributed by atoms with Gasteiger partial charge in [0.15, 0.2) is 0 Å². The first-order chi connectivity index (χ1) is 17.8. The second-order valence-electron chi connectivity index (χ2n) is 9.92. The zero-order chi connectivity index (χ0) is 27.6. The Morgan fingerprint density at radius 2 is 1.92 bits per heavy atom. The Morgan fingerprint density at radius 3 is 2.58 bits per heavy atom. The van der Waals surface area contributed by atoms with Crippen LogP contribution in [0, 0.1) is 0 Å². The number of aryl methyl sites for hydroxylation is 1. The summed E-state index contributed by atoms with van der Waals surface area (Å²) in [5.74, 6) is -0.339. The highest BCUT2D eigenvalue weighted by Gasteiger charge is 2.34. The Hall–Kier alpha value is -3.57. The van der Waals surface area contributed by atoms with Gasteiger partial charge in [0.2, 0.25) is 0 Å². The fraction of sp³-hybridized carbons (Fsp3) is 0.333. The van der Waals surface area contributed by atoms with E-state index in [2.05, 4.69) is 10.3 Å². The van der Waals surface area contributed by atoms with Crippen LogP contribution >= 0.6 is 11.3 Å². The van der Waals surface area contributed by atoms with Crippen LogP contribution in [-0.4, -0.2) is 33.7 Å². The molecule has 0 aliphatic carbocycles. The summed E-state index contributed by atoms with van der Waals surface area (Å²) >= 11 is 1.34. The number of nitrogens with zero attached hydrogens (tertiary/aromatic N) is 2. The number of fused-ring (bicyclic) bond motifs is 2. The highest BCUT2D eigenvalue weighted by molar-refractivity contribution is 7.16. The van der Waals surface area contributed by atoms with Crippen molar-refractivity contribution >= 4 is 39.5 Å². The van der Waals surface area contributed by atoms with Crippen LogP contribution in [0.4, 0.5) is 24.5 Å². The van der Waals surface area contributed by atoms with E-state index in [-0.39, 0.29) is 22.7 Å². The topological polar surface area (TPSA) is 90.4 Å². The molecule has 4 aromatic rings. The number of nitrogens with one attached hydrogen (secondary N) is 2. The molecule has 0 radical (unpaired) electrons. The third-order valence-electron chi connectivity index (χ3n) is 6.70. The molecule has 5 rings (SSSR count). The predicted octanol–water partition coefficient (Wildman–Crippen LogP) is 5.29. The number of carbonyl (C=O) groups excluding carboxylic acids is 1. The minimum Gasteiger partial charge on any atom is -0.385 e. The fourth-order valence-corrected chi connectivity index (χ4v) is 5.98. The maximum atomic E-state index is 13.3. The number of halogens is 3. The van der Waals surface area contributed by atoms with Crippen molar-refractivity contribution in [2.45, 2.75) is 39.0 Å². The van der Waals surface area contributed by atoms with E-state index in [0.29, 0.717) is 52.3 Å². The van der Waals surface area contributed by atoms with E-state index >= 15 is 0 Å². The highest BCUT2D eigenvalue weighted by Crippen LogP contribution is 2.48. The average molecular weight is 545 g/mol. The van der Waals surface area contributed by atoms with E-state index in [1.165, 1.54) is 28.0 Å². The molecule has 0 saturated carbocycles. The maximum Gasteiger partial charge on any atom is 0.416 e. The molecule has 0 unspecified atom stereocenters. The van der Waals surface area contributed by atoms with Gasteiger partial charge in [0.05, 0.1) is 21.7 Å². The number of aliphatic hydroxyl groups is 1. The van der Waals surface area contributed by atoms with Crippen molar-refractivity contribution in [3.8, 4) is 10.4 Å². The molecule has 3 N–H and O–H groups in total. The van der Waals surface area contributed by atoms with Crippen molar-refractivity contribution in [2.75, 3.05) is 18.0 Å². The molecular weight excluding hydrogens is 517 g/mol. The zero-order valence-corrected chi connectivity index (χ0v) is 22.1. The Balaban J connectivity index is 1.72. The first kappa shape index (κ1) is 26.1. The lowest BCUT2D eigenvalue weighted by Crippen LogP contribution is -2.23. The number of aromatic nitrogens is 2. The summed E-state index contributed by atoms with van der Waals surface area (Å²) in [4.78, 5) is 31.8. The Labute approximate surface area is 220 Å². The van der Waals surface area contributed by atoms with Gasteiger partial charge in [-0.3, -0.25) is 9.59 Å². The first-order valence-corrected chi connectivity index (χ1v) is 13.0. The van der Waals surface area contributed by atoms with Crippen LogP contribution < -0.4 is 15.8 Å². The number of carbonyl (C=O) groups is 1. The van der Waals surface area contributed by atoms with Crippen LogP contribution in [0.3, 0.4) is 0 Å². The molecule has 0 atom stereocenters. The SMILES string of the molecule is CCNC(=O)c1cc2c(-c3sc(C(C)(C)O)cc3N3CCc4cc(C(F)(F)F)ccc43)cn(C)c(=O)c2[nH]1. The molecule has 0 bridgehead atoms. The fourth-order valence-electron chi connectivity index (χ4n) is 4.80. The molecule has 1 aromatic carbocycles. The van der Waals surface area contributed by atoms with Crippen molar-refractivity contribution in [2.24, 2.45) is 7.05 Å². The molecule has 7 nitrogen and oxygen atoms in total. The molecule has 3 aromatic heterocycles. The number of pyridine rings is 1. The smallest absolute Gasteiger partial charge is 0.385 e. The van der Waals surface area contributed by atoms with Gasteiger partial charge < -0.3 is 24.9 Å². The normalized spacial score (nSPS) is 13.8. The molecule has 1 aliphatic rings. The molecule has 11 heteroatoms. The van der Waals surface area contributed by atoms with E-state index in [1.807, 2.05) is 11.0 Å². The molecule has 0 fully saturated rings. The third kappa shape index (κ3) is 4.39. The number of hydrogen-bond acceptors (Lipinski definition) is 5. The van der Waals surface area contributed by atoms with Gasteiger partial charge in [-0.1, -0.05) is 0 Å². The van der Waals surface area contributed by atoms with E-state index in [9.17, 15) is 27.9 Å². The van der Waals surface area contributed by atoms with Crippen LogP contribution in [0.5, 0.6) is 0 Å². The summed E-state index contributed by atoms with van der Waals surface area (Å²) in [6, 6.07) is 7.23. The molecule has 200 valence electrons. The molecule has 0 saturated heterocycles. The number of hydrogen-bond donors (Lipinski definition) is 3. The summed E-state index contributed by atoms with van der Waals surface area (Å²) in [6.07, 6.45) is -2.31. The van der Waals surface area contributed by atoms with Gasteiger partial charge in [-0.2, -0.15) is 13.2 Å². The van der Waals surface area contributed by atoms with E-state index in [1.54, 1.807) is 40.1 Å². The van der Waals surface area contributed by atoms with Crippen molar-refractivity contribution in [1.29, 1.82) is 0 Å². The van der Waals surface area contributed by atoms with Crippen molar-refractivity contribution < 1.29 is 23.1 Å².